The molecular formula is C48H48Cl2FN5O4. The minimum Gasteiger partial charge on any atom is -0.444 e. The monoisotopic (exact) mass is 847 g/mol. The number of hydrogen-bond acceptors (Lipinski definition) is 6. The number of carbonyl (C=O) groups is 2. The van der Waals surface area contributed by atoms with Gasteiger partial charge in [0.1, 0.15) is 11.1 Å². The van der Waals surface area contributed by atoms with Gasteiger partial charge in [0.25, 0.3) is 0 Å². The number of piperidine rings is 1. The Bertz CT molecular complexity index is 2620. The fourth-order valence-corrected chi connectivity index (χ4v) is 11.3. The number of carbonyl (C=O) groups excluding carboxylic acids is 2. The zero-order chi connectivity index (χ0) is 41.8. The first-order chi connectivity index (χ1) is 28.8. The van der Waals surface area contributed by atoms with Crippen LogP contribution in [0.3, 0.4) is 0 Å². The second kappa shape index (κ2) is 14.7. The summed E-state index contributed by atoms with van der Waals surface area (Å²) >= 11 is 13.2. The van der Waals surface area contributed by atoms with Crippen LogP contribution in [0.5, 0.6) is 0 Å². The Kier molecular flexibility index (Phi) is 9.69. The molecule has 2 amide bonds. The number of fused-ring (bicyclic) bond motifs is 6. The van der Waals surface area contributed by atoms with E-state index >= 15 is 4.39 Å². The van der Waals surface area contributed by atoms with Crippen molar-refractivity contribution in [3.05, 3.63) is 99.0 Å². The molecule has 3 saturated heterocycles. The Morgan fingerprint density at radius 3 is 2.53 bits per heavy atom. The number of ether oxygens (including phenoxy) is 2. The van der Waals surface area contributed by atoms with Crippen molar-refractivity contribution in [1.82, 2.24) is 19.4 Å². The summed E-state index contributed by atoms with van der Waals surface area (Å²) < 4.78 is 32.6. The van der Waals surface area contributed by atoms with Gasteiger partial charge >= 0.3 is 6.09 Å². The summed E-state index contributed by atoms with van der Waals surface area (Å²) in [5.41, 5.74) is 4.43. The summed E-state index contributed by atoms with van der Waals surface area (Å²) in [4.78, 5) is 37.2. The Hall–Kier alpha value is -4.69. The summed E-state index contributed by atoms with van der Waals surface area (Å²) in [7, 11) is 0. The van der Waals surface area contributed by atoms with E-state index in [0.29, 0.717) is 40.4 Å². The number of likely N-dealkylation sites (tertiary alicyclic amines) is 1. The smallest absolute Gasteiger partial charge is 0.410 e. The third kappa shape index (κ3) is 6.46. The van der Waals surface area contributed by atoms with Crippen molar-refractivity contribution in [1.29, 1.82) is 5.26 Å². The molecule has 5 heterocycles. The maximum atomic E-state index is 17.6. The average molecular weight is 849 g/mol. The Labute approximate surface area is 359 Å². The minimum absolute atomic E-state index is 0.0219. The van der Waals surface area contributed by atoms with E-state index in [2.05, 4.69) is 33.7 Å². The summed E-state index contributed by atoms with van der Waals surface area (Å²) in [5.74, 6) is -0.165. The number of hydrogen-bond donors (Lipinski definition) is 0. The molecule has 11 rings (SSSR count). The van der Waals surface area contributed by atoms with Crippen molar-refractivity contribution in [3.63, 3.8) is 0 Å². The third-order valence-corrected chi connectivity index (χ3v) is 14.5. The van der Waals surface area contributed by atoms with Crippen LogP contribution in [0.4, 0.5) is 9.18 Å². The molecule has 4 bridgehead atoms. The molecule has 3 aliphatic carbocycles. The maximum Gasteiger partial charge on any atom is 0.410 e. The first kappa shape index (κ1) is 39.4. The van der Waals surface area contributed by atoms with E-state index in [0.717, 1.165) is 54.3 Å². The number of halogens is 3. The normalized spacial score (nSPS) is 25.6. The molecule has 6 aliphatic rings. The summed E-state index contributed by atoms with van der Waals surface area (Å²) in [5, 5.41) is 11.8. The number of nitrogens with zero attached hydrogens (tertiary/aromatic N) is 5. The van der Waals surface area contributed by atoms with Crippen molar-refractivity contribution in [2.45, 2.75) is 115 Å². The van der Waals surface area contributed by atoms with E-state index < -0.39 is 11.4 Å². The van der Waals surface area contributed by atoms with Gasteiger partial charge < -0.3 is 23.8 Å². The SMILES string of the molecule is Cc1nc2c(F)c(-c3cccc(Cl)c3Cl)c(CCC#N)cc2c2c1cc([C@H]1[C@H]3C[C@H](C[C@@H]3OCc3ccccc3)N1C(=O)C1CC1)n2[C@H]1[C@@H]2C[C@H]1N(C(=O)OC(C)(C)C)C2. The molecular weight excluding hydrogens is 800 g/mol. The van der Waals surface area contributed by atoms with Crippen LogP contribution in [0.1, 0.15) is 93.9 Å². The van der Waals surface area contributed by atoms with E-state index in [-0.39, 0.29) is 89.0 Å². The molecule has 9 nitrogen and oxygen atoms in total. The third-order valence-electron chi connectivity index (χ3n) is 13.6. The van der Waals surface area contributed by atoms with Gasteiger partial charge in [-0.3, -0.25) is 4.79 Å². The lowest BCUT2D eigenvalue weighted by atomic mass is 9.79. The molecule has 310 valence electrons. The van der Waals surface area contributed by atoms with Crippen LogP contribution in [0.15, 0.2) is 60.7 Å². The quantitative estimate of drug-likeness (QED) is 0.146. The number of nitriles is 1. The zero-order valence-corrected chi connectivity index (χ0v) is 35.8. The Morgan fingerprint density at radius 1 is 1.02 bits per heavy atom. The topological polar surface area (TPSA) is 101 Å². The number of aryl methyl sites for hydroxylation is 2. The Balaban J connectivity index is 1.19. The summed E-state index contributed by atoms with van der Waals surface area (Å²) in [6.45, 7) is 8.56. The summed E-state index contributed by atoms with van der Waals surface area (Å²) in [6.07, 6.45) is 4.25. The second-order valence-corrected chi connectivity index (χ2v) is 19.3. The maximum absolute atomic E-state index is 17.6. The van der Waals surface area contributed by atoms with Crippen molar-refractivity contribution >= 4 is 57.0 Å². The first-order valence-corrected chi connectivity index (χ1v) is 22.0. The van der Waals surface area contributed by atoms with Gasteiger partial charge in [-0.15, -0.1) is 0 Å². The van der Waals surface area contributed by atoms with Crippen LogP contribution in [-0.4, -0.2) is 61.7 Å². The van der Waals surface area contributed by atoms with Gasteiger partial charge in [-0.1, -0.05) is 65.7 Å². The summed E-state index contributed by atoms with van der Waals surface area (Å²) in [6, 6.07) is 21.2. The van der Waals surface area contributed by atoms with Gasteiger partial charge in [-0.05, 0) is 95.5 Å². The van der Waals surface area contributed by atoms with E-state index in [1.165, 1.54) is 0 Å². The molecule has 0 N–H and O–H groups in total. The predicted octanol–water partition coefficient (Wildman–Crippen LogP) is 10.9. The molecule has 7 atom stereocenters. The highest BCUT2D eigenvalue weighted by atomic mass is 35.5. The van der Waals surface area contributed by atoms with E-state index in [4.69, 9.17) is 37.7 Å². The van der Waals surface area contributed by atoms with Crippen LogP contribution in [0.25, 0.3) is 32.9 Å². The molecule has 0 radical (unpaired) electrons. The molecule has 60 heavy (non-hydrogen) atoms. The molecule has 3 saturated carbocycles. The largest absolute Gasteiger partial charge is 0.444 e. The van der Waals surface area contributed by atoms with Crippen molar-refractivity contribution in [2.24, 2.45) is 17.8 Å². The van der Waals surface area contributed by atoms with Gasteiger partial charge in [0.05, 0.1) is 52.5 Å². The lowest BCUT2D eigenvalue weighted by Gasteiger charge is -2.43. The van der Waals surface area contributed by atoms with Gasteiger partial charge in [0.2, 0.25) is 5.91 Å². The molecule has 3 aliphatic heterocycles. The van der Waals surface area contributed by atoms with Crippen LogP contribution >= 0.6 is 23.2 Å². The number of amides is 2. The van der Waals surface area contributed by atoms with E-state index in [1.807, 2.05) is 56.9 Å². The minimum atomic E-state index is -0.660. The van der Waals surface area contributed by atoms with Crippen LogP contribution in [0.2, 0.25) is 10.0 Å². The molecule has 2 aromatic heterocycles. The number of pyridine rings is 1. The van der Waals surface area contributed by atoms with Gasteiger partial charge in [0.15, 0.2) is 5.82 Å². The van der Waals surface area contributed by atoms with Crippen molar-refractivity contribution < 1.29 is 23.5 Å². The molecule has 5 aromatic rings. The van der Waals surface area contributed by atoms with E-state index in [1.54, 1.807) is 18.2 Å². The van der Waals surface area contributed by atoms with Crippen LogP contribution < -0.4 is 0 Å². The van der Waals surface area contributed by atoms with E-state index in [9.17, 15) is 14.9 Å². The molecule has 3 aromatic carbocycles. The van der Waals surface area contributed by atoms with Gasteiger partial charge in [-0.25, -0.2) is 14.2 Å². The standard InChI is InChI=1S/C48H48Cl2FN5O4/c1-25-32-22-37(45-33-20-30(55(45)46(57)27-15-16-27)21-38(33)59-24-26-10-6-5-7-11-26)56(43-29-19-36(43)54(23-29)47(58)60-48(2,3)4)44(32)34-18-28(12-9-17-52)39(41(51)42(34)53-25)31-13-8-14-35(49)40(31)50/h5-8,10-11,13-14,18,22,27,29-30,33,36,38,43,45H,9,12,15-16,19-21,23-24H2,1-4H3/t29-,30-,33+,36-,38+,43+,45-/m1/s1. The lowest BCUT2D eigenvalue weighted by Crippen LogP contribution is -2.48. The highest BCUT2D eigenvalue weighted by molar-refractivity contribution is 6.43. The van der Waals surface area contributed by atoms with Crippen molar-refractivity contribution in [2.75, 3.05) is 6.54 Å². The molecule has 6 fully saturated rings. The van der Waals surface area contributed by atoms with Crippen LogP contribution in [-0.2, 0) is 27.3 Å². The molecule has 0 unspecified atom stereocenters. The van der Waals surface area contributed by atoms with Gasteiger partial charge in [-0.2, -0.15) is 5.26 Å². The first-order valence-electron chi connectivity index (χ1n) is 21.3. The fraction of sp³-hybridized carbons (Fsp3) is 0.458. The molecule has 12 heteroatoms. The number of rotatable bonds is 9. The number of aromatic nitrogens is 2. The highest BCUT2D eigenvalue weighted by Gasteiger charge is 2.60. The van der Waals surface area contributed by atoms with Crippen molar-refractivity contribution in [3.8, 4) is 17.2 Å². The average Bonchev–Trinajstić information content (AvgIpc) is 3.53. The fourth-order valence-electron chi connectivity index (χ4n) is 10.9. The van der Waals surface area contributed by atoms with Gasteiger partial charge in [0, 0.05) is 70.0 Å². The van der Waals surface area contributed by atoms with Crippen LogP contribution in [0, 0.1) is 41.8 Å². The predicted molar refractivity (Wildman–Crippen MR) is 229 cm³/mol. The Morgan fingerprint density at radius 2 is 1.80 bits per heavy atom. The lowest BCUT2D eigenvalue weighted by molar-refractivity contribution is -0.140. The highest BCUT2D eigenvalue weighted by Crippen LogP contribution is 2.58. The number of benzene rings is 3. The zero-order valence-electron chi connectivity index (χ0n) is 34.3. The molecule has 0 spiro atoms. The second-order valence-electron chi connectivity index (χ2n) is 18.6.